The van der Waals surface area contributed by atoms with Gasteiger partial charge in [-0.2, -0.15) is 0 Å². The average molecular weight is 256 g/mol. The summed E-state index contributed by atoms with van der Waals surface area (Å²) in [7, 11) is 0. The Labute approximate surface area is 111 Å². The highest BCUT2D eigenvalue weighted by molar-refractivity contribution is 5.04. The SMILES string of the molecule is C/C(=C\CO)CC/C=C(\C)CC[C@H](O)C(C)(C)O. The van der Waals surface area contributed by atoms with Crippen molar-refractivity contribution < 1.29 is 15.3 Å². The number of allylic oxidation sites excluding steroid dienone is 3. The Hall–Kier alpha value is -0.640. The fraction of sp³-hybridized carbons (Fsp3) is 0.733. The molecule has 0 rings (SSSR count). The van der Waals surface area contributed by atoms with E-state index in [0.29, 0.717) is 6.42 Å². The van der Waals surface area contributed by atoms with Crippen LogP contribution in [0.15, 0.2) is 23.3 Å². The molecule has 0 saturated heterocycles. The van der Waals surface area contributed by atoms with Crippen LogP contribution in [0.2, 0.25) is 0 Å². The standard InChI is InChI=1S/C15H28O3/c1-12(6-5-7-13(2)10-11-16)8-9-14(17)15(3,4)18/h6,10,14,16-18H,5,7-9,11H2,1-4H3/b12-6+,13-10+/t14-/m0/s1. The van der Waals surface area contributed by atoms with Crippen molar-refractivity contribution in [2.45, 2.75) is 65.1 Å². The monoisotopic (exact) mass is 256 g/mol. The van der Waals surface area contributed by atoms with E-state index in [1.54, 1.807) is 13.8 Å². The zero-order valence-corrected chi connectivity index (χ0v) is 12.1. The molecule has 3 heteroatoms. The van der Waals surface area contributed by atoms with Gasteiger partial charge in [0.1, 0.15) is 0 Å². The molecule has 3 N–H and O–H groups in total. The Kier molecular flexibility index (Phi) is 8.16. The van der Waals surface area contributed by atoms with Gasteiger partial charge in [-0.15, -0.1) is 0 Å². The summed E-state index contributed by atoms with van der Waals surface area (Å²) in [5, 5.41) is 28.0. The molecule has 0 heterocycles. The Morgan fingerprint density at radius 2 is 1.67 bits per heavy atom. The van der Waals surface area contributed by atoms with Crippen LogP contribution < -0.4 is 0 Å². The van der Waals surface area contributed by atoms with E-state index in [-0.39, 0.29) is 6.61 Å². The summed E-state index contributed by atoms with van der Waals surface area (Å²) < 4.78 is 0. The number of aliphatic hydroxyl groups excluding tert-OH is 2. The molecule has 0 fully saturated rings. The predicted molar refractivity (Wildman–Crippen MR) is 75.4 cm³/mol. The highest BCUT2D eigenvalue weighted by Gasteiger charge is 2.23. The first kappa shape index (κ1) is 17.4. The van der Waals surface area contributed by atoms with Gasteiger partial charge in [-0.25, -0.2) is 0 Å². The zero-order valence-electron chi connectivity index (χ0n) is 12.1. The molecule has 0 amide bonds. The van der Waals surface area contributed by atoms with Crippen molar-refractivity contribution in [3.8, 4) is 0 Å². The molecule has 3 nitrogen and oxygen atoms in total. The molecule has 0 spiro atoms. The van der Waals surface area contributed by atoms with Gasteiger partial charge in [-0.3, -0.25) is 0 Å². The second kappa shape index (κ2) is 8.46. The number of rotatable bonds is 8. The molecule has 0 aromatic heterocycles. The molecule has 0 bridgehead atoms. The van der Waals surface area contributed by atoms with Crippen molar-refractivity contribution in [1.29, 1.82) is 0 Å². The molecule has 0 unspecified atom stereocenters. The third-order valence-corrected chi connectivity index (χ3v) is 3.10. The van der Waals surface area contributed by atoms with Crippen LogP contribution in [0, 0.1) is 0 Å². The van der Waals surface area contributed by atoms with Crippen molar-refractivity contribution in [1.82, 2.24) is 0 Å². The minimum Gasteiger partial charge on any atom is -0.392 e. The highest BCUT2D eigenvalue weighted by Crippen LogP contribution is 2.17. The fourth-order valence-electron chi connectivity index (χ4n) is 1.62. The van der Waals surface area contributed by atoms with Crippen molar-refractivity contribution in [2.24, 2.45) is 0 Å². The Morgan fingerprint density at radius 1 is 1.11 bits per heavy atom. The summed E-state index contributed by atoms with van der Waals surface area (Å²) in [5.41, 5.74) is 1.40. The summed E-state index contributed by atoms with van der Waals surface area (Å²) in [6, 6.07) is 0. The maximum atomic E-state index is 9.70. The molecule has 0 aliphatic heterocycles. The van der Waals surface area contributed by atoms with E-state index in [0.717, 1.165) is 19.3 Å². The largest absolute Gasteiger partial charge is 0.392 e. The zero-order chi connectivity index (χ0) is 14.2. The van der Waals surface area contributed by atoms with Gasteiger partial charge in [0.25, 0.3) is 0 Å². The maximum Gasteiger partial charge on any atom is 0.0849 e. The van der Waals surface area contributed by atoms with Crippen LogP contribution in [-0.2, 0) is 0 Å². The Balaban J connectivity index is 3.96. The topological polar surface area (TPSA) is 60.7 Å². The Morgan fingerprint density at radius 3 is 2.17 bits per heavy atom. The van der Waals surface area contributed by atoms with Crippen molar-refractivity contribution in [3.05, 3.63) is 23.3 Å². The van der Waals surface area contributed by atoms with Gasteiger partial charge in [0, 0.05) is 0 Å². The lowest BCUT2D eigenvalue weighted by atomic mass is 9.95. The molecule has 0 aromatic carbocycles. The lowest BCUT2D eigenvalue weighted by Crippen LogP contribution is -2.35. The average Bonchev–Trinajstić information content (AvgIpc) is 2.24. The van der Waals surface area contributed by atoms with Crippen molar-refractivity contribution >= 4 is 0 Å². The first-order valence-electron chi connectivity index (χ1n) is 6.60. The molecular formula is C15H28O3. The molecule has 0 saturated carbocycles. The first-order chi connectivity index (χ1) is 8.27. The van der Waals surface area contributed by atoms with Gasteiger partial charge < -0.3 is 15.3 Å². The van der Waals surface area contributed by atoms with Crippen LogP contribution in [-0.4, -0.2) is 33.6 Å². The molecule has 0 aromatic rings. The van der Waals surface area contributed by atoms with Crippen LogP contribution in [0.1, 0.15) is 53.4 Å². The van der Waals surface area contributed by atoms with E-state index in [2.05, 4.69) is 6.08 Å². The van der Waals surface area contributed by atoms with Crippen LogP contribution in [0.3, 0.4) is 0 Å². The van der Waals surface area contributed by atoms with Crippen LogP contribution >= 0.6 is 0 Å². The van der Waals surface area contributed by atoms with Crippen molar-refractivity contribution in [2.75, 3.05) is 6.61 Å². The number of hydrogen-bond donors (Lipinski definition) is 3. The molecular weight excluding hydrogens is 228 g/mol. The third-order valence-electron chi connectivity index (χ3n) is 3.10. The Bertz CT molecular complexity index is 285. The van der Waals surface area contributed by atoms with Gasteiger partial charge in [-0.05, 0) is 53.4 Å². The van der Waals surface area contributed by atoms with E-state index in [1.807, 2.05) is 19.9 Å². The van der Waals surface area contributed by atoms with Crippen LogP contribution in [0.4, 0.5) is 0 Å². The van der Waals surface area contributed by atoms with E-state index in [9.17, 15) is 10.2 Å². The minimum absolute atomic E-state index is 0.103. The molecule has 0 aliphatic carbocycles. The van der Waals surface area contributed by atoms with Crippen LogP contribution in [0.5, 0.6) is 0 Å². The van der Waals surface area contributed by atoms with Gasteiger partial charge >= 0.3 is 0 Å². The second-order valence-corrected chi connectivity index (χ2v) is 5.53. The lowest BCUT2D eigenvalue weighted by Gasteiger charge is -2.24. The quantitative estimate of drug-likeness (QED) is 0.585. The molecule has 18 heavy (non-hydrogen) atoms. The smallest absolute Gasteiger partial charge is 0.0849 e. The molecule has 1 atom stereocenters. The van der Waals surface area contributed by atoms with Crippen LogP contribution in [0.25, 0.3) is 0 Å². The lowest BCUT2D eigenvalue weighted by molar-refractivity contribution is -0.0509. The summed E-state index contributed by atoms with van der Waals surface area (Å²) in [4.78, 5) is 0. The first-order valence-corrected chi connectivity index (χ1v) is 6.60. The molecule has 106 valence electrons. The third kappa shape index (κ3) is 8.45. The van der Waals surface area contributed by atoms with E-state index < -0.39 is 11.7 Å². The van der Waals surface area contributed by atoms with Gasteiger partial charge in [-0.1, -0.05) is 23.3 Å². The number of aliphatic hydroxyl groups is 3. The van der Waals surface area contributed by atoms with Gasteiger partial charge in [0.05, 0.1) is 18.3 Å². The van der Waals surface area contributed by atoms with Gasteiger partial charge in [0.2, 0.25) is 0 Å². The minimum atomic E-state index is -1.03. The summed E-state index contributed by atoms with van der Waals surface area (Å²) >= 11 is 0. The summed E-state index contributed by atoms with van der Waals surface area (Å²) in [6.45, 7) is 7.41. The summed E-state index contributed by atoms with van der Waals surface area (Å²) in [5.74, 6) is 0. The predicted octanol–water partition coefficient (Wildman–Crippen LogP) is 2.56. The van der Waals surface area contributed by atoms with E-state index in [4.69, 9.17) is 5.11 Å². The highest BCUT2D eigenvalue weighted by atomic mass is 16.3. The summed E-state index contributed by atoms with van der Waals surface area (Å²) in [6.07, 6.45) is 6.58. The molecule has 0 radical (unpaired) electrons. The number of hydrogen-bond acceptors (Lipinski definition) is 3. The van der Waals surface area contributed by atoms with E-state index in [1.165, 1.54) is 11.1 Å². The maximum absolute atomic E-state index is 9.70. The normalized spacial score (nSPS) is 15.9. The fourth-order valence-corrected chi connectivity index (χ4v) is 1.62. The van der Waals surface area contributed by atoms with E-state index >= 15 is 0 Å². The second-order valence-electron chi connectivity index (χ2n) is 5.53. The van der Waals surface area contributed by atoms with Gasteiger partial charge in [0.15, 0.2) is 0 Å². The molecule has 0 aliphatic rings. The van der Waals surface area contributed by atoms with Crippen molar-refractivity contribution in [3.63, 3.8) is 0 Å².